The van der Waals surface area contributed by atoms with E-state index < -0.39 is 0 Å². The van der Waals surface area contributed by atoms with E-state index in [9.17, 15) is 0 Å². The van der Waals surface area contributed by atoms with Gasteiger partial charge in [-0.1, -0.05) is 12.6 Å². The summed E-state index contributed by atoms with van der Waals surface area (Å²) in [5, 5.41) is 3.27. The van der Waals surface area contributed by atoms with Gasteiger partial charge in [-0.25, -0.2) is 4.98 Å². The summed E-state index contributed by atoms with van der Waals surface area (Å²) in [5.74, 6) is 0.753. The molecule has 0 amide bonds. The molecule has 4 rings (SSSR count). The topological polar surface area (TPSA) is 75.4 Å². The summed E-state index contributed by atoms with van der Waals surface area (Å²) >= 11 is 0. The minimum absolute atomic E-state index is 0.499. The number of nitrogens with zero attached hydrogens (tertiary/aromatic N) is 5. The molecule has 144 valence electrons. The van der Waals surface area contributed by atoms with E-state index in [-0.39, 0.29) is 0 Å². The molecule has 0 atom stereocenters. The molecule has 4 heterocycles. The van der Waals surface area contributed by atoms with Crippen molar-refractivity contribution in [2.45, 2.75) is 20.3 Å². The molecule has 0 radical (unpaired) electrons. The van der Waals surface area contributed by atoms with Crippen LogP contribution in [-0.4, -0.2) is 33.5 Å². The number of aromatic nitrogens is 3. The minimum atomic E-state index is 0.499. The molecule has 0 saturated carbocycles. The number of pyridine rings is 3. The second-order valence-electron chi connectivity index (χ2n) is 7.03. The molecular weight excluding hydrogens is 360 g/mol. The molecule has 0 bridgehead atoms. The Morgan fingerprint density at radius 2 is 1.93 bits per heavy atom. The fourth-order valence-corrected chi connectivity index (χ4v) is 3.27. The summed E-state index contributed by atoms with van der Waals surface area (Å²) < 4.78 is 0. The highest BCUT2D eigenvalue weighted by atomic mass is 15.0. The molecule has 3 aromatic rings. The third-order valence-corrected chi connectivity index (χ3v) is 4.62. The fraction of sp³-hybridized carbons (Fsp3) is 0.174. The first-order chi connectivity index (χ1) is 14.1. The Kier molecular flexibility index (Phi) is 5.24. The lowest BCUT2D eigenvalue weighted by molar-refractivity contribution is 1.09. The number of hydrogen-bond donors (Lipinski definition) is 1. The highest BCUT2D eigenvalue weighted by Gasteiger charge is 2.08. The summed E-state index contributed by atoms with van der Waals surface area (Å²) in [6.07, 6.45) is 7.96. The van der Waals surface area contributed by atoms with Gasteiger partial charge in [-0.05, 0) is 49.2 Å². The standard InChI is InChI=1S/C23H22N6/c1-15-8-18(11-27-23(15)19-6-7-25-16(2)10-19)9-17(3)29-22-5-4-20(12-26-22)21-13-24-14-28-21/h4-8,10-13H,3,9,14H2,1-2H3,(H,26,29). The number of aryl methyl sites for hydroxylation is 2. The molecule has 0 unspecified atom stereocenters. The van der Waals surface area contributed by atoms with E-state index in [1.807, 2.05) is 43.6 Å². The van der Waals surface area contributed by atoms with E-state index in [0.29, 0.717) is 13.1 Å². The average molecular weight is 382 g/mol. The first-order valence-electron chi connectivity index (χ1n) is 9.42. The van der Waals surface area contributed by atoms with Crippen LogP contribution in [0.25, 0.3) is 11.3 Å². The zero-order valence-electron chi connectivity index (χ0n) is 16.6. The van der Waals surface area contributed by atoms with Crippen LogP contribution in [0.1, 0.15) is 22.4 Å². The summed E-state index contributed by atoms with van der Waals surface area (Å²) in [5.41, 5.74) is 7.96. The molecule has 0 aromatic carbocycles. The van der Waals surface area contributed by atoms with Gasteiger partial charge in [0.25, 0.3) is 0 Å². The van der Waals surface area contributed by atoms with Crippen LogP contribution in [0.2, 0.25) is 0 Å². The maximum absolute atomic E-state index is 4.67. The molecule has 1 N–H and O–H groups in total. The smallest absolute Gasteiger partial charge is 0.130 e. The number of hydrogen-bond acceptors (Lipinski definition) is 6. The monoisotopic (exact) mass is 382 g/mol. The zero-order valence-corrected chi connectivity index (χ0v) is 16.6. The van der Waals surface area contributed by atoms with Gasteiger partial charge < -0.3 is 5.32 Å². The lowest BCUT2D eigenvalue weighted by Gasteiger charge is -2.11. The van der Waals surface area contributed by atoms with Crippen molar-refractivity contribution in [2.75, 3.05) is 12.0 Å². The van der Waals surface area contributed by atoms with Crippen molar-refractivity contribution in [3.8, 4) is 11.3 Å². The Morgan fingerprint density at radius 3 is 2.62 bits per heavy atom. The molecule has 1 aliphatic rings. The molecule has 29 heavy (non-hydrogen) atoms. The molecule has 6 nitrogen and oxygen atoms in total. The molecular formula is C23H22N6. The first-order valence-corrected chi connectivity index (χ1v) is 9.42. The van der Waals surface area contributed by atoms with Crippen LogP contribution in [-0.2, 0) is 6.42 Å². The second-order valence-corrected chi connectivity index (χ2v) is 7.03. The number of rotatable bonds is 6. The Morgan fingerprint density at radius 1 is 1.03 bits per heavy atom. The first kappa shape index (κ1) is 18.7. The third-order valence-electron chi connectivity index (χ3n) is 4.62. The van der Waals surface area contributed by atoms with Gasteiger partial charge in [0.05, 0.1) is 11.4 Å². The number of aliphatic imine (C=N–C) groups is 2. The van der Waals surface area contributed by atoms with Crippen molar-refractivity contribution < 1.29 is 0 Å². The largest absolute Gasteiger partial charge is 0.344 e. The van der Waals surface area contributed by atoms with Gasteiger partial charge in [-0.3, -0.25) is 20.0 Å². The van der Waals surface area contributed by atoms with E-state index in [2.05, 4.69) is 49.8 Å². The molecule has 1 aliphatic heterocycles. The second kappa shape index (κ2) is 8.14. The van der Waals surface area contributed by atoms with Crippen LogP contribution in [0.5, 0.6) is 0 Å². The summed E-state index contributed by atoms with van der Waals surface area (Å²) in [6, 6.07) is 10.1. The lowest BCUT2D eigenvalue weighted by atomic mass is 10.0. The Balaban J connectivity index is 1.42. The maximum atomic E-state index is 4.67. The highest BCUT2D eigenvalue weighted by Crippen LogP contribution is 2.22. The van der Waals surface area contributed by atoms with Gasteiger partial charge in [0.1, 0.15) is 12.5 Å². The maximum Gasteiger partial charge on any atom is 0.130 e. The van der Waals surface area contributed by atoms with Crippen LogP contribution in [0.4, 0.5) is 5.82 Å². The van der Waals surface area contributed by atoms with Gasteiger partial charge in [0, 0.05) is 53.7 Å². The summed E-state index contributed by atoms with van der Waals surface area (Å²) in [6.45, 7) is 8.69. The van der Waals surface area contributed by atoms with Crippen molar-refractivity contribution in [3.63, 3.8) is 0 Å². The van der Waals surface area contributed by atoms with Crippen LogP contribution in [0.3, 0.4) is 0 Å². The number of nitrogens with one attached hydrogen (secondary N) is 1. The molecule has 3 aromatic heterocycles. The lowest BCUT2D eigenvalue weighted by Crippen LogP contribution is -2.05. The normalized spacial score (nSPS) is 12.7. The van der Waals surface area contributed by atoms with Gasteiger partial charge in [-0.15, -0.1) is 0 Å². The van der Waals surface area contributed by atoms with Gasteiger partial charge in [0.15, 0.2) is 0 Å². The Bertz CT molecular complexity index is 1110. The quantitative estimate of drug-likeness (QED) is 0.695. The van der Waals surface area contributed by atoms with Crippen molar-refractivity contribution in [1.82, 2.24) is 15.0 Å². The third kappa shape index (κ3) is 4.43. The average Bonchev–Trinajstić information content (AvgIpc) is 3.23. The molecule has 0 spiro atoms. The molecule has 0 fully saturated rings. The van der Waals surface area contributed by atoms with Crippen LogP contribution >= 0.6 is 0 Å². The van der Waals surface area contributed by atoms with Crippen LogP contribution < -0.4 is 5.32 Å². The van der Waals surface area contributed by atoms with Gasteiger partial charge in [0.2, 0.25) is 0 Å². The summed E-state index contributed by atoms with van der Waals surface area (Å²) in [4.78, 5) is 21.8. The van der Waals surface area contributed by atoms with Crippen LogP contribution in [0.15, 0.2) is 71.2 Å². The number of anilines is 1. The molecule has 6 heteroatoms. The van der Waals surface area contributed by atoms with Crippen molar-refractivity contribution >= 4 is 17.7 Å². The Labute approximate surface area is 170 Å². The van der Waals surface area contributed by atoms with E-state index >= 15 is 0 Å². The molecule has 0 saturated heterocycles. The predicted molar refractivity (Wildman–Crippen MR) is 118 cm³/mol. The minimum Gasteiger partial charge on any atom is -0.344 e. The SMILES string of the molecule is C=C(Cc1cnc(-c2ccnc(C)c2)c(C)c1)Nc1ccc(C2=NCN=C2)cn1. The van der Waals surface area contributed by atoms with E-state index in [4.69, 9.17) is 0 Å². The Hall–Kier alpha value is -3.67. The van der Waals surface area contributed by atoms with Crippen molar-refractivity contribution in [3.05, 3.63) is 83.6 Å². The van der Waals surface area contributed by atoms with E-state index in [1.165, 1.54) is 0 Å². The predicted octanol–water partition coefficient (Wildman–Crippen LogP) is 4.15. The van der Waals surface area contributed by atoms with Gasteiger partial charge >= 0.3 is 0 Å². The van der Waals surface area contributed by atoms with Crippen molar-refractivity contribution in [2.24, 2.45) is 9.98 Å². The van der Waals surface area contributed by atoms with Crippen LogP contribution in [0, 0.1) is 13.8 Å². The number of allylic oxidation sites excluding steroid dienone is 1. The zero-order chi connectivity index (χ0) is 20.2. The van der Waals surface area contributed by atoms with Crippen molar-refractivity contribution in [1.29, 1.82) is 0 Å². The highest BCUT2D eigenvalue weighted by molar-refractivity contribution is 6.39. The molecule has 0 aliphatic carbocycles. The fourth-order valence-electron chi connectivity index (χ4n) is 3.27. The summed E-state index contributed by atoms with van der Waals surface area (Å²) in [7, 11) is 0. The van der Waals surface area contributed by atoms with E-state index in [1.54, 1.807) is 12.4 Å². The van der Waals surface area contributed by atoms with E-state index in [0.717, 1.165) is 50.9 Å². The van der Waals surface area contributed by atoms with Gasteiger partial charge in [-0.2, -0.15) is 0 Å².